The minimum absolute atomic E-state index is 0. The highest BCUT2D eigenvalue weighted by Gasteiger charge is 2.16. The lowest BCUT2D eigenvalue weighted by Gasteiger charge is -2.11. The van der Waals surface area contributed by atoms with Gasteiger partial charge in [-0.25, -0.2) is 21.6 Å². The maximum Gasteiger partial charge on any atom is 0.234 e. The molecular formula is C42H86N8O9S2. The zero-order valence-electron chi connectivity index (χ0n) is 35.7. The first-order valence-electron chi connectivity index (χ1n) is 22.2. The lowest BCUT2D eigenvalue weighted by Crippen LogP contribution is -2.44. The van der Waals surface area contributed by atoms with Gasteiger partial charge < -0.3 is 37.2 Å². The monoisotopic (exact) mass is 911 g/mol. The Hall–Kier alpha value is -2.55. The maximum atomic E-state index is 10.6. The first-order valence-corrected chi connectivity index (χ1v) is 25.7. The van der Waals surface area contributed by atoms with Crippen molar-refractivity contribution in [3.05, 3.63) is 0 Å². The Bertz CT molecular complexity index is 1190. The van der Waals surface area contributed by atoms with Gasteiger partial charge in [-0.2, -0.15) is 0 Å². The van der Waals surface area contributed by atoms with Crippen LogP contribution in [0.2, 0.25) is 0 Å². The van der Waals surface area contributed by atoms with Crippen molar-refractivity contribution in [2.75, 3.05) is 95.8 Å². The predicted octanol–water partition coefficient (Wildman–Crippen LogP) is 2.25. The molecule has 9 rings (SSSR count). The Morgan fingerprint density at radius 2 is 0.770 bits per heavy atom. The highest BCUT2D eigenvalue weighted by atomic mass is 32.2. The van der Waals surface area contributed by atoms with Crippen LogP contribution in [0.25, 0.3) is 0 Å². The molecule has 0 spiro atoms. The fourth-order valence-corrected chi connectivity index (χ4v) is 8.87. The third-order valence-electron chi connectivity index (χ3n) is 9.75. The van der Waals surface area contributed by atoms with Crippen LogP contribution in [0.15, 0.2) is 0 Å². The normalized spacial score (nSPS) is 22.9. The second-order valence-electron chi connectivity index (χ2n) is 15.4. The van der Waals surface area contributed by atoms with E-state index in [2.05, 4.69) is 41.9 Å². The summed E-state index contributed by atoms with van der Waals surface area (Å²) < 4.78 is 43.9. The number of hydrogen-bond donors (Lipinski definition) is 8. The molecular weight excluding hydrogens is 825 g/mol. The van der Waals surface area contributed by atoms with E-state index >= 15 is 0 Å². The lowest BCUT2D eigenvalue weighted by molar-refractivity contribution is -0.121. The van der Waals surface area contributed by atoms with E-state index in [1.54, 1.807) is 0 Å². The van der Waals surface area contributed by atoms with Crippen LogP contribution in [0.4, 0.5) is 0 Å². The number of amides is 3. The molecule has 0 bridgehead atoms. The predicted molar refractivity (Wildman–Crippen MR) is 247 cm³/mol. The highest BCUT2D eigenvalue weighted by Crippen LogP contribution is 2.11. The van der Waals surface area contributed by atoms with Crippen LogP contribution in [0.3, 0.4) is 0 Å². The number of ketones is 2. The molecule has 0 radical (unpaired) electrons. The van der Waals surface area contributed by atoms with Gasteiger partial charge in [0, 0.05) is 77.8 Å². The molecule has 9 fully saturated rings. The van der Waals surface area contributed by atoms with Crippen LogP contribution >= 0.6 is 0 Å². The highest BCUT2D eigenvalue weighted by molar-refractivity contribution is 7.91. The summed E-state index contributed by atoms with van der Waals surface area (Å²) in [6, 6.07) is 0. The molecule has 19 heteroatoms. The quantitative estimate of drug-likeness (QED) is 0.174. The minimum Gasteiger partial charge on any atom is -0.356 e. The van der Waals surface area contributed by atoms with Gasteiger partial charge in [0.15, 0.2) is 0 Å². The molecule has 61 heavy (non-hydrogen) atoms. The van der Waals surface area contributed by atoms with E-state index in [1.165, 1.54) is 64.7 Å². The zero-order valence-corrected chi connectivity index (χ0v) is 37.4. The van der Waals surface area contributed by atoms with Crippen molar-refractivity contribution in [2.45, 2.75) is 143 Å². The molecule has 8 heterocycles. The summed E-state index contributed by atoms with van der Waals surface area (Å²) in [7, 11) is -5.34. The number of Topliss-reactive ketones (excluding diaryl/α,β-unsaturated/α-hetero) is 2. The fourth-order valence-electron chi connectivity index (χ4n) is 6.25. The third-order valence-corrected chi connectivity index (χ3v) is 13.0. The first-order chi connectivity index (χ1) is 28.4. The SMILES string of the molecule is C.C.C1CCNCC1.C1CCNCC1.O=C1CCCC1.O=C1CCCN1.O=C1CCCN1.O=C1CCCNCC1.O=C1CNCCN1.O=S1(=O)CCCC1.O=S1(=O)CCCN1. The fraction of sp³-hybridized carbons (Fsp3) is 0.881. The van der Waals surface area contributed by atoms with Crippen molar-refractivity contribution >= 4 is 49.1 Å². The van der Waals surface area contributed by atoms with E-state index in [4.69, 9.17) is 0 Å². The van der Waals surface area contributed by atoms with Gasteiger partial charge >= 0.3 is 0 Å². The van der Waals surface area contributed by atoms with E-state index < -0.39 is 19.9 Å². The molecule has 8 N–H and O–H groups in total. The minimum atomic E-state index is -2.80. The number of sulfonamides is 1. The number of piperazine rings is 1. The molecule has 8 saturated heterocycles. The molecule has 0 aromatic heterocycles. The number of rotatable bonds is 0. The largest absolute Gasteiger partial charge is 0.356 e. The van der Waals surface area contributed by atoms with Crippen LogP contribution in [-0.2, 0) is 43.8 Å². The standard InChI is InChI=1S/C6H11NO.2C5H11N.C5H8O.C4H8N2O.2C4H7NO.C4H8O2S.C3H7NO2S.2CH4/c8-6-2-1-4-7-5-3-6;2*1-2-4-6-5-3-1;6-5-3-1-2-4-5;7-4-3-5-1-2-6-4;2*6-4-2-1-3-5-4;2*5-7(6)3-1-2-4-7;;/h7H,1-5H2;2*6H,1-5H2;1-4H2;5H,1-3H2,(H,6,7);2*1-3H2,(H,5,6);1-4H2;4H,1-3H2;2*1H4. The average molecular weight is 911 g/mol. The molecule has 3 amide bonds. The van der Waals surface area contributed by atoms with Crippen molar-refractivity contribution in [2.24, 2.45) is 0 Å². The molecule has 1 saturated carbocycles. The van der Waals surface area contributed by atoms with Crippen LogP contribution in [-0.4, -0.2) is 142 Å². The van der Waals surface area contributed by atoms with Gasteiger partial charge in [-0.3, -0.25) is 24.0 Å². The number of carbonyl (C=O) groups excluding carboxylic acids is 5. The van der Waals surface area contributed by atoms with Gasteiger partial charge in [-0.1, -0.05) is 27.7 Å². The van der Waals surface area contributed by atoms with Gasteiger partial charge in [0.2, 0.25) is 27.7 Å². The molecule has 1 aliphatic carbocycles. The number of carbonyl (C=O) groups is 5. The second-order valence-corrected chi connectivity index (χ2v) is 19.6. The number of sulfone groups is 1. The van der Waals surface area contributed by atoms with Crippen molar-refractivity contribution in [3.63, 3.8) is 0 Å². The van der Waals surface area contributed by atoms with Gasteiger partial charge in [0.1, 0.15) is 21.4 Å². The van der Waals surface area contributed by atoms with Crippen LogP contribution < -0.4 is 41.9 Å². The summed E-state index contributed by atoms with van der Waals surface area (Å²) in [6.45, 7) is 11.5. The molecule has 0 atom stereocenters. The molecule has 9 aliphatic rings. The Morgan fingerprint density at radius 3 is 1.00 bits per heavy atom. The van der Waals surface area contributed by atoms with Gasteiger partial charge in [-0.05, 0) is 110 Å². The maximum absolute atomic E-state index is 10.6. The summed E-state index contributed by atoms with van der Waals surface area (Å²) >= 11 is 0. The van der Waals surface area contributed by atoms with E-state index in [-0.39, 0.29) is 32.6 Å². The van der Waals surface area contributed by atoms with Crippen molar-refractivity contribution in [1.29, 1.82) is 0 Å². The Labute approximate surface area is 369 Å². The topological polar surface area (TPSA) is 250 Å². The van der Waals surface area contributed by atoms with E-state index in [0.717, 1.165) is 129 Å². The number of hydrogen-bond acceptors (Lipinski definition) is 13. The molecule has 8 aliphatic heterocycles. The van der Waals surface area contributed by atoms with E-state index in [0.29, 0.717) is 41.9 Å². The Balaban J connectivity index is 0. The smallest absolute Gasteiger partial charge is 0.234 e. The number of piperidine rings is 2. The van der Waals surface area contributed by atoms with E-state index in [9.17, 15) is 40.8 Å². The zero-order chi connectivity index (χ0) is 43.3. The summed E-state index contributed by atoms with van der Waals surface area (Å²) in [5, 5.41) is 20.7. The molecule has 0 aromatic rings. The van der Waals surface area contributed by atoms with Crippen molar-refractivity contribution in [1.82, 2.24) is 41.9 Å². The third kappa shape index (κ3) is 41.2. The van der Waals surface area contributed by atoms with Gasteiger partial charge in [0.05, 0.1) is 23.8 Å². The van der Waals surface area contributed by atoms with Gasteiger partial charge in [0.25, 0.3) is 0 Å². The average Bonchev–Trinajstić information content (AvgIpc) is 4.12. The Morgan fingerprint density at radius 1 is 0.328 bits per heavy atom. The summed E-state index contributed by atoms with van der Waals surface area (Å²) in [5.41, 5.74) is 0. The molecule has 17 nitrogen and oxygen atoms in total. The van der Waals surface area contributed by atoms with E-state index in [1.807, 2.05) is 0 Å². The number of nitrogens with one attached hydrogen (secondary N) is 8. The van der Waals surface area contributed by atoms with Crippen molar-refractivity contribution in [3.8, 4) is 0 Å². The summed E-state index contributed by atoms with van der Waals surface area (Å²) in [4.78, 5) is 51.4. The summed E-state index contributed by atoms with van der Waals surface area (Å²) in [6.07, 6.45) is 21.0. The van der Waals surface area contributed by atoms with Crippen LogP contribution in [0, 0.1) is 0 Å². The Kier molecular flexibility index (Phi) is 39.9. The van der Waals surface area contributed by atoms with Crippen LogP contribution in [0.1, 0.15) is 143 Å². The lowest BCUT2D eigenvalue weighted by atomic mass is 10.2. The van der Waals surface area contributed by atoms with Gasteiger partial charge in [-0.15, -0.1) is 0 Å². The summed E-state index contributed by atoms with van der Waals surface area (Å²) in [5.74, 6) is 2.54. The van der Waals surface area contributed by atoms with Crippen molar-refractivity contribution < 1.29 is 40.8 Å². The second kappa shape index (κ2) is 40.2. The van der Waals surface area contributed by atoms with Crippen LogP contribution in [0.5, 0.6) is 0 Å². The molecule has 0 aromatic carbocycles. The molecule has 0 unspecified atom stereocenters. The molecule has 360 valence electrons. The first kappa shape index (κ1) is 60.5.